The lowest BCUT2D eigenvalue weighted by Crippen LogP contribution is -2.16. The molecule has 0 aliphatic heterocycles. The van der Waals surface area contributed by atoms with Crippen molar-refractivity contribution in [2.75, 3.05) is 10.6 Å². The minimum Gasteiger partial charge on any atom is -0.290 e. The van der Waals surface area contributed by atoms with Crippen LogP contribution in [0.5, 0.6) is 0 Å². The summed E-state index contributed by atoms with van der Waals surface area (Å²) in [6.45, 7) is 0. The molecule has 0 saturated carbocycles. The molecule has 0 saturated heterocycles. The molecule has 0 atom stereocenters. The van der Waals surface area contributed by atoms with Gasteiger partial charge < -0.3 is 0 Å². The number of aromatic nitrogens is 3. The van der Waals surface area contributed by atoms with Gasteiger partial charge >= 0.3 is 0 Å². The van der Waals surface area contributed by atoms with Crippen molar-refractivity contribution in [3.63, 3.8) is 0 Å². The highest BCUT2D eigenvalue weighted by molar-refractivity contribution is 6.05. The molecular weight excluding hydrogens is 432 g/mol. The Morgan fingerprint density at radius 1 is 0.941 bits per heavy atom. The number of hydrogen-bond donors (Lipinski definition) is 3. The highest BCUT2D eigenvalue weighted by atomic mass is 16.2. The number of rotatable bonds is 6. The highest BCUT2D eigenvalue weighted by Gasteiger charge is 2.18. The Balaban J connectivity index is 1.62. The zero-order chi connectivity index (χ0) is 23.9. The number of nitrogens with zero attached hydrogens (tertiary/aromatic N) is 5. The topological polar surface area (TPSA) is 139 Å². The van der Waals surface area contributed by atoms with Gasteiger partial charge in [0.2, 0.25) is 10.9 Å². The van der Waals surface area contributed by atoms with Crippen LogP contribution < -0.4 is 15.5 Å². The number of anilines is 2. The molecule has 0 aliphatic carbocycles. The van der Waals surface area contributed by atoms with Crippen molar-refractivity contribution in [3.8, 4) is 18.0 Å². The Bertz CT molecular complexity index is 1450. The minimum atomic E-state index is -0.459. The zero-order valence-electron chi connectivity index (χ0n) is 17.6. The first-order chi connectivity index (χ1) is 16.6. The summed E-state index contributed by atoms with van der Waals surface area (Å²) >= 11 is 0. The first kappa shape index (κ1) is 21.8. The number of nitrogens with one attached hydrogen (secondary N) is 3. The maximum absolute atomic E-state index is 12.8. The fraction of sp³-hybridized carbons (Fsp3) is 0. The molecule has 4 rings (SSSR count). The van der Waals surface area contributed by atoms with Crippen molar-refractivity contribution in [2.45, 2.75) is 0 Å². The van der Waals surface area contributed by atoms with E-state index >= 15 is 0 Å². The van der Waals surface area contributed by atoms with Gasteiger partial charge in [-0.25, -0.2) is 0 Å². The Hall–Kier alpha value is -5.39. The highest BCUT2D eigenvalue weighted by Crippen LogP contribution is 2.19. The molecule has 1 heterocycles. The average Bonchev–Trinajstić information content (AvgIpc) is 3.27. The van der Waals surface area contributed by atoms with Gasteiger partial charge in [0.25, 0.3) is 17.8 Å². The first-order valence-electron chi connectivity index (χ1n) is 9.97. The van der Waals surface area contributed by atoms with Crippen molar-refractivity contribution in [2.24, 2.45) is 5.11 Å². The predicted molar refractivity (Wildman–Crippen MR) is 125 cm³/mol. The molecule has 1 aromatic heterocycles. The van der Waals surface area contributed by atoms with Gasteiger partial charge in [-0.05, 0) is 54.6 Å². The fourth-order valence-electron chi connectivity index (χ4n) is 3.03. The van der Waals surface area contributed by atoms with E-state index < -0.39 is 11.8 Å². The number of benzene rings is 3. The predicted octanol–water partition coefficient (Wildman–Crippen LogP) is 3.94. The van der Waals surface area contributed by atoms with E-state index in [-0.39, 0.29) is 11.9 Å². The molecule has 34 heavy (non-hydrogen) atoms. The summed E-state index contributed by atoms with van der Waals surface area (Å²) in [7, 11) is 0. The standard InChI is InChI=1S/C24H16N8O2/c1-2-16-7-6-8-18(15-16)22(34)27-24-28-23(30-32(24)20-9-4-3-5-10-20)26-21(33)17-11-13-19(14-12-17)29-31-25/h1,3-15H,(H2-,25,26,27,28,29,30,33,34)/p+1. The molecule has 3 N–H and O–H groups in total. The molecule has 0 fully saturated rings. The van der Waals surface area contributed by atoms with Crippen molar-refractivity contribution in [1.82, 2.24) is 19.7 Å². The van der Waals surface area contributed by atoms with Crippen LogP contribution in [0.3, 0.4) is 0 Å². The summed E-state index contributed by atoms with van der Waals surface area (Å²) in [5.41, 5.74) is 9.09. The molecule has 3 aromatic carbocycles. The number of para-hydroxylation sites is 1. The van der Waals surface area contributed by atoms with Crippen molar-refractivity contribution < 1.29 is 9.59 Å². The second-order valence-electron chi connectivity index (χ2n) is 6.89. The lowest BCUT2D eigenvalue weighted by Gasteiger charge is -2.07. The van der Waals surface area contributed by atoms with E-state index in [4.69, 9.17) is 12.0 Å². The molecule has 0 unspecified atom stereocenters. The summed E-state index contributed by atoms with van der Waals surface area (Å²) in [5, 5.41) is 13.3. The smallest absolute Gasteiger partial charge is 0.258 e. The quantitative estimate of drug-likeness (QED) is 0.233. The van der Waals surface area contributed by atoms with E-state index in [0.29, 0.717) is 28.1 Å². The van der Waals surface area contributed by atoms with Crippen LogP contribution >= 0.6 is 0 Å². The van der Waals surface area contributed by atoms with Crippen LogP contribution in [0, 0.1) is 17.9 Å². The average molecular weight is 449 g/mol. The number of amides is 2. The van der Waals surface area contributed by atoms with E-state index in [1.807, 2.05) is 18.2 Å². The third-order valence-corrected chi connectivity index (χ3v) is 4.64. The lowest BCUT2D eigenvalue weighted by molar-refractivity contribution is 0.101. The minimum absolute atomic E-state index is 0.00329. The Morgan fingerprint density at radius 3 is 2.38 bits per heavy atom. The van der Waals surface area contributed by atoms with Gasteiger partial charge in [-0.15, -0.1) is 11.5 Å². The van der Waals surface area contributed by atoms with Gasteiger partial charge in [-0.2, -0.15) is 9.67 Å². The molecule has 0 bridgehead atoms. The van der Waals surface area contributed by atoms with Crippen LogP contribution in [0.15, 0.2) is 84.0 Å². The summed E-state index contributed by atoms with van der Waals surface area (Å²) < 4.78 is 1.41. The molecule has 0 radical (unpaired) electrons. The second-order valence-corrected chi connectivity index (χ2v) is 6.89. The molecule has 164 valence electrons. The van der Waals surface area contributed by atoms with Crippen LogP contribution in [-0.2, 0) is 0 Å². The number of terminal acetylenes is 1. The summed E-state index contributed by atoms with van der Waals surface area (Å²) in [4.78, 5) is 32.7. The van der Waals surface area contributed by atoms with E-state index in [2.05, 4.69) is 36.7 Å². The van der Waals surface area contributed by atoms with Gasteiger partial charge in [0.1, 0.15) is 5.53 Å². The van der Waals surface area contributed by atoms with Crippen LogP contribution in [0.2, 0.25) is 0 Å². The van der Waals surface area contributed by atoms with E-state index in [1.165, 1.54) is 16.8 Å². The maximum atomic E-state index is 12.8. The number of hydrogen-bond acceptors (Lipinski definition) is 6. The van der Waals surface area contributed by atoms with Crippen molar-refractivity contribution in [1.29, 1.82) is 5.53 Å². The molecule has 10 nitrogen and oxygen atoms in total. The Labute approximate surface area is 193 Å². The number of carbonyl (C=O) groups is 2. The molecular formula is C24H17N8O2+. The zero-order valence-corrected chi connectivity index (χ0v) is 17.6. The monoisotopic (exact) mass is 449 g/mol. The third kappa shape index (κ3) is 4.91. The summed E-state index contributed by atoms with van der Waals surface area (Å²) in [6, 6.07) is 21.9. The van der Waals surface area contributed by atoms with Gasteiger partial charge in [-0.1, -0.05) is 30.2 Å². The van der Waals surface area contributed by atoms with Gasteiger partial charge in [0, 0.05) is 16.7 Å². The largest absolute Gasteiger partial charge is 0.290 e. The van der Waals surface area contributed by atoms with Crippen LogP contribution in [-0.4, -0.2) is 26.6 Å². The van der Waals surface area contributed by atoms with Crippen molar-refractivity contribution in [3.05, 3.63) is 95.6 Å². The van der Waals surface area contributed by atoms with Crippen molar-refractivity contribution >= 4 is 29.4 Å². The SMILES string of the molecule is C#Cc1cccc(C(=O)Nc2nc(NC(=O)c3ccc(N=[N+]=N)cc3)nn2-c2ccccc2)c1. The van der Waals surface area contributed by atoms with Crippen LogP contribution in [0.4, 0.5) is 17.6 Å². The van der Waals surface area contributed by atoms with E-state index in [1.54, 1.807) is 48.5 Å². The molecule has 10 heteroatoms. The first-order valence-corrected chi connectivity index (χ1v) is 9.97. The van der Waals surface area contributed by atoms with Gasteiger partial charge in [-0.3, -0.25) is 20.2 Å². The molecule has 2 amide bonds. The summed E-state index contributed by atoms with van der Waals surface area (Å²) in [5.74, 6) is 1.71. The van der Waals surface area contributed by atoms with Crippen LogP contribution in [0.1, 0.15) is 26.3 Å². The maximum Gasteiger partial charge on any atom is 0.258 e. The lowest BCUT2D eigenvalue weighted by atomic mass is 10.1. The molecule has 4 aromatic rings. The molecule has 0 aliphatic rings. The van der Waals surface area contributed by atoms with Gasteiger partial charge in [0.05, 0.1) is 5.69 Å². The second kappa shape index (κ2) is 9.82. The van der Waals surface area contributed by atoms with Crippen LogP contribution in [0.25, 0.3) is 5.69 Å². The normalized spacial score (nSPS) is 9.97. The Kier molecular flexibility index (Phi) is 6.31. The van der Waals surface area contributed by atoms with E-state index in [9.17, 15) is 9.59 Å². The third-order valence-electron chi connectivity index (χ3n) is 4.64. The van der Waals surface area contributed by atoms with E-state index in [0.717, 1.165) is 0 Å². The van der Waals surface area contributed by atoms with Gasteiger partial charge in [0.15, 0.2) is 10.8 Å². The Morgan fingerprint density at radius 2 is 1.68 bits per heavy atom. The number of carbonyl (C=O) groups excluding carboxylic acids is 2. The summed E-state index contributed by atoms with van der Waals surface area (Å²) in [6.07, 6.45) is 5.43. The fourth-order valence-corrected chi connectivity index (χ4v) is 3.03. The molecule has 0 spiro atoms.